The van der Waals surface area contributed by atoms with Crippen molar-refractivity contribution in [2.24, 2.45) is 10.4 Å². The Balaban J connectivity index is 0.00000162. The van der Waals surface area contributed by atoms with Crippen LogP contribution >= 0.6 is 35.7 Å². The van der Waals surface area contributed by atoms with Crippen LogP contribution in [0.5, 0.6) is 0 Å². The van der Waals surface area contributed by atoms with Gasteiger partial charge in [0.25, 0.3) is 0 Å². The van der Waals surface area contributed by atoms with E-state index in [4.69, 9.17) is 0 Å². The van der Waals surface area contributed by atoms with Crippen molar-refractivity contribution in [3.8, 4) is 0 Å². The zero-order chi connectivity index (χ0) is 12.4. The number of rotatable bonds is 4. The molecule has 0 aromatic heterocycles. The van der Waals surface area contributed by atoms with Gasteiger partial charge in [0.1, 0.15) is 0 Å². The van der Waals surface area contributed by atoms with Gasteiger partial charge in [0.05, 0.1) is 0 Å². The molecule has 1 saturated heterocycles. The molecule has 2 N–H and O–H groups in total. The molecular formula is C13H26IN3S. The van der Waals surface area contributed by atoms with Crippen LogP contribution in [-0.2, 0) is 0 Å². The quantitative estimate of drug-likeness (QED) is 0.445. The molecule has 0 radical (unpaired) electrons. The fourth-order valence-electron chi connectivity index (χ4n) is 2.15. The van der Waals surface area contributed by atoms with Gasteiger partial charge in [-0.3, -0.25) is 4.99 Å². The summed E-state index contributed by atoms with van der Waals surface area (Å²) in [4.78, 5) is 4.30. The van der Waals surface area contributed by atoms with Crippen LogP contribution in [0, 0.1) is 5.41 Å². The zero-order valence-electron chi connectivity index (χ0n) is 11.7. The lowest BCUT2D eigenvalue weighted by molar-refractivity contribution is 0.540. The summed E-state index contributed by atoms with van der Waals surface area (Å²) in [7, 11) is 1.86. The lowest BCUT2D eigenvalue weighted by Gasteiger charge is -2.24. The molecule has 5 heteroatoms. The van der Waals surface area contributed by atoms with Crippen molar-refractivity contribution in [1.82, 2.24) is 10.6 Å². The van der Waals surface area contributed by atoms with Crippen molar-refractivity contribution in [2.45, 2.75) is 44.3 Å². The molecule has 0 bridgehead atoms. The second kappa shape index (κ2) is 6.68. The second-order valence-electron chi connectivity index (χ2n) is 5.99. The number of nitrogens with zero attached hydrogens (tertiary/aromatic N) is 1. The zero-order valence-corrected chi connectivity index (χ0v) is 14.9. The van der Waals surface area contributed by atoms with E-state index in [1.807, 2.05) is 7.05 Å². The Morgan fingerprint density at radius 3 is 2.33 bits per heavy atom. The number of nitrogens with one attached hydrogen (secondary N) is 2. The Morgan fingerprint density at radius 2 is 1.83 bits per heavy atom. The average molecular weight is 383 g/mol. The molecule has 2 aliphatic rings. The minimum atomic E-state index is 0. The number of hydrogen-bond acceptors (Lipinski definition) is 2. The Bertz CT molecular complexity index is 297. The van der Waals surface area contributed by atoms with Crippen molar-refractivity contribution in [3.63, 3.8) is 0 Å². The first-order chi connectivity index (χ1) is 8.05. The van der Waals surface area contributed by atoms with Gasteiger partial charge in [0.15, 0.2) is 5.96 Å². The van der Waals surface area contributed by atoms with Crippen molar-refractivity contribution >= 4 is 41.7 Å². The highest BCUT2D eigenvalue weighted by atomic mass is 127. The highest BCUT2D eigenvalue weighted by molar-refractivity contribution is 14.0. The van der Waals surface area contributed by atoms with Gasteiger partial charge in [-0.05, 0) is 43.8 Å². The molecule has 1 heterocycles. The van der Waals surface area contributed by atoms with Crippen molar-refractivity contribution in [3.05, 3.63) is 0 Å². The first-order valence-corrected chi connectivity index (χ1v) is 7.62. The monoisotopic (exact) mass is 383 g/mol. The first-order valence-electron chi connectivity index (χ1n) is 6.64. The summed E-state index contributed by atoms with van der Waals surface area (Å²) >= 11 is 2.09. The topological polar surface area (TPSA) is 36.4 Å². The van der Waals surface area contributed by atoms with Gasteiger partial charge in [0, 0.05) is 24.9 Å². The molecule has 2 fully saturated rings. The van der Waals surface area contributed by atoms with Crippen LogP contribution < -0.4 is 10.6 Å². The molecule has 0 aromatic carbocycles. The van der Waals surface area contributed by atoms with Crippen molar-refractivity contribution in [1.29, 1.82) is 0 Å². The Morgan fingerprint density at radius 1 is 1.17 bits per heavy atom. The first kappa shape index (κ1) is 16.4. The van der Waals surface area contributed by atoms with Crippen LogP contribution in [0.3, 0.4) is 0 Å². The molecule has 1 unspecified atom stereocenters. The van der Waals surface area contributed by atoms with Gasteiger partial charge in [-0.1, -0.05) is 6.92 Å². The van der Waals surface area contributed by atoms with Crippen LogP contribution in [-0.4, -0.2) is 36.6 Å². The van der Waals surface area contributed by atoms with Gasteiger partial charge >= 0.3 is 0 Å². The van der Waals surface area contributed by atoms with E-state index in [1.54, 1.807) is 0 Å². The normalized spacial score (nSPS) is 29.6. The summed E-state index contributed by atoms with van der Waals surface area (Å²) in [5.41, 5.74) is 0.531. The van der Waals surface area contributed by atoms with Gasteiger partial charge < -0.3 is 10.6 Å². The molecular weight excluding hydrogens is 357 g/mol. The number of thioether (sulfide) groups is 1. The van der Waals surface area contributed by atoms with Crippen LogP contribution in [0.2, 0.25) is 0 Å². The van der Waals surface area contributed by atoms with Gasteiger partial charge in [-0.2, -0.15) is 11.8 Å². The number of hydrogen-bond donors (Lipinski definition) is 2. The van der Waals surface area contributed by atoms with E-state index < -0.39 is 0 Å². The third-order valence-electron chi connectivity index (χ3n) is 3.94. The smallest absolute Gasteiger partial charge is 0.191 e. The summed E-state index contributed by atoms with van der Waals surface area (Å²) in [6.45, 7) is 6.76. The lowest BCUT2D eigenvalue weighted by atomic mass is 10.1. The summed E-state index contributed by atoms with van der Waals surface area (Å²) in [5.74, 6) is 2.27. The maximum atomic E-state index is 4.30. The van der Waals surface area contributed by atoms with Crippen LogP contribution in [0.1, 0.15) is 39.5 Å². The SMILES string of the molecule is CN=C(NCC1(C)CC1)NCC1(C)CCCS1.I. The van der Waals surface area contributed by atoms with E-state index in [0.717, 1.165) is 19.0 Å². The largest absolute Gasteiger partial charge is 0.356 e. The highest BCUT2D eigenvalue weighted by Crippen LogP contribution is 2.44. The molecule has 1 saturated carbocycles. The fourth-order valence-corrected chi connectivity index (χ4v) is 3.40. The molecule has 3 nitrogen and oxygen atoms in total. The average Bonchev–Trinajstić information content (AvgIpc) is 2.88. The van der Waals surface area contributed by atoms with Crippen molar-refractivity contribution in [2.75, 3.05) is 25.9 Å². The molecule has 0 aromatic rings. The lowest BCUT2D eigenvalue weighted by Crippen LogP contribution is -2.45. The van der Waals surface area contributed by atoms with Crippen LogP contribution in [0.4, 0.5) is 0 Å². The standard InChI is InChI=1S/C13H25N3S.HI/c1-12(6-7-12)9-15-11(14-3)16-10-13(2)5-4-8-17-13;/h4-10H2,1-3H3,(H2,14,15,16);1H. The molecule has 2 rings (SSSR count). The van der Waals surface area contributed by atoms with E-state index in [1.165, 1.54) is 31.4 Å². The van der Waals surface area contributed by atoms with Crippen molar-refractivity contribution < 1.29 is 0 Å². The van der Waals surface area contributed by atoms with Crippen LogP contribution in [0.25, 0.3) is 0 Å². The molecule has 106 valence electrons. The number of guanidine groups is 1. The summed E-state index contributed by atoms with van der Waals surface area (Å²) in [6.07, 6.45) is 5.38. The Hall–Kier alpha value is 0.350. The predicted molar refractivity (Wildman–Crippen MR) is 92.2 cm³/mol. The molecule has 1 aliphatic heterocycles. The van der Waals surface area contributed by atoms with E-state index >= 15 is 0 Å². The minimum Gasteiger partial charge on any atom is -0.356 e. The minimum absolute atomic E-state index is 0. The maximum absolute atomic E-state index is 4.30. The van der Waals surface area contributed by atoms with E-state index in [0.29, 0.717) is 10.2 Å². The third-order valence-corrected chi connectivity index (χ3v) is 5.48. The Labute approximate surface area is 132 Å². The molecule has 0 amide bonds. The van der Waals surface area contributed by atoms with E-state index in [9.17, 15) is 0 Å². The van der Waals surface area contributed by atoms with E-state index in [-0.39, 0.29) is 24.0 Å². The molecule has 18 heavy (non-hydrogen) atoms. The summed E-state index contributed by atoms with van der Waals surface area (Å²) in [5, 5.41) is 6.91. The fraction of sp³-hybridized carbons (Fsp3) is 0.923. The summed E-state index contributed by atoms with van der Waals surface area (Å²) in [6, 6.07) is 0. The van der Waals surface area contributed by atoms with Gasteiger partial charge in [0.2, 0.25) is 0 Å². The second-order valence-corrected chi connectivity index (χ2v) is 7.67. The van der Waals surface area contributed by atoms with E-state index in [2.05, 4.69) is 41.2 Å². The van der Waals surface area contributed by atoms with Gasteiger partial charge in [-0.25, -0.2) is 0 Å². The maximum Gasteiger partial charge on any atom is 0.191 e. The Kier molecular flexibility index (Phi) is 6.09. The molecule has 1 aliphatic carbocycles. The third kappa shape index (κ3) is 4.79. The number of halogens is 1. The molecule has 0 spiro atoms. The highest BCUT2D eigenvalue weighted by Gasteiger charge is 2.37. The predicted octanol–water partition coefficient (Wildman–Crippen LogP) is 2.86. The summed E-state index contributed by atoms with van der Waals surface area (Å²) < 4.78 is 0.404. The number of aliphatic imine (C=N–C) groups is 1. The van der Waals surface area contributed by atoms with Gasteiger partial charge in [-0.15, -0.1) is 24.0 Å². The van der Waals surface area contributed by atoms with Crippen LogP contribution in [0.15, 0.2) is 4.99 Å². The molecule has 1 atom stereocenters.